The lowest BCUT2D eigenvalue weighted by atomic mass is 10.1. The van der Waals surface area contributed by atoms with E-state index >= 15 is 0 Å². The molecule has 0 saturated carbocycles. The van der Waals surface area contributed by atoms with Crippen LogP contribution in [0.3, 0.4) is 0 Å². The fraction of sp³-hybridized carbons (Fsp3) is 0.385. The van der Waals surface area contributed by atoms with E-state index in [-0.39, 0.29) is 10.6 Å². The van der Waals surface area contributed by atoms with E-state index in [2.05, 4.69) is 26.1 Å². The summed E-state index contributed by atoms with van der Waals surface area (Å²) in [5.74, 6) is 0.770. The molecular formula is C13H14BrClFN3. The number of hydrogen-bond acceptors (Lipinski definition) is 2. The van der Waals surface area contributed by atoms with Gasteiger partial charge in [0.15, 0.2) is 11.6 Å². The minimum absolute atomic E-state index is 0.0846. The lowest BCUT2D eigenvalue weighted by molar-refractivity contribution is 0.390. The Hall–Kier alpha value is -0.940. The van der Waals surface area contributed by atoms with Crippen molar-refractivity contribution in [3.63, 3.8) is 0 Å². The quantitative estimate of drug-likeness (QED) is 0.755. The molecule has 0 atom stereocenters. The second-order valence-electron chi connectivity index (χ2n) is 5.18. The van der Waals surface area contributed by atoms with E-state index in [1.165, 1.54) is 6.07 Å². The summed E-state index contributed by atoms with van der Waals surface area (Å²) in [5, 5.41) is 8.85. The average molecular weight is 347 g/mol. The molecule has 0 aliphatic carbocycles. The van der Waals surface area contributed by atoms with Gasteiger partial charge in [-0.3, -0.25) is 0 Å². The van der Waals surface area contributed by atoms with Crippen LogP contribution < -0.4 is 0 Å². The molecular weight excluding hydrogens is 333 g/mol. The first kappa shape index (κ1) is 14.5. The fourth-order valence-electron chi connectivity index (χ4n) is 1.96. The van der Waals surface area contributed by atoms with Crippen LogP contribution in [0.4, 0.5) is 4.39 Å². The van der Waals surface area contributed by atoms with Crippen LogP contribution in [0.1, 0.15) is 26.6 Å². The molecule has 3 nitrogen and oxygen atoms in total. The molecule has 6 heteroatoms. The van der Waals surface area contributed by atoms with Gasteiger partial charge in [-0.1, -0.05) is 33.6 Å². The Morgan fingerprint density at radius 2 is 2.00 bits per heavy atom. The molecule has 0 fully saturated rings. The van der Waals surface area contributed by atoms with Gasteiger partial charge in [0.05, 0.1) is 15.9 Å². The molecule has 0 saturated heterocycles. The first-order chi connectivity index (χ1) is 8.86. The number of halogens is 3. The van der Waals surface area contributed by atoms with E-state index in [9.17, 15) is 4.39 Å². The smallest absolute Gasteiger partial charge is 0.167 e. The zero-order valence-electron chi connectivity index (χ0n) is 10.9. The van der Waals surface area contributed by atoms with E-state index in [1.54, 1.807) is 12.1 Å². The SMILES string of the molecule is CC(C)(C)n1c(CBr)nnc1-c1cccc(Cl)c1F. The molecule has 0 aliphatic heterocycles. The van der Waals surface area contributed by atoms with Crippen molar-refractivity contribution >= 4 is 27.5 Å². The summed E-state index contributed by atoms with van der Waals surface area (Å²) in [7, 11) is 0. The van der Waals surface area contributed by atoms with Crippen LogP contribution in [0.5, 0.6) is 0 Å². The third kappa shape index (κ3) is 2.67. The van der Waals surface area contributed by atoms with Crippen LogP contribution >= 0.6 is 27.5 Å². The van der Waals surface area contributed by atoms with Gasteiger partial charge in [-0.25, -0.2) is 4.39 Å². The number of rotatable bonds is 2. The molecule has 0 spiro atoms. The molecule has 2 rings (SSSR count). The van der Waals surface area contributed by atoms with Gasteiger partial charge in [0.2, 0.25) is 0 Å². The Labute approximate surface area is 124 Å². The summed E-state index contributed by atoms with van der Waals surface area (Å²) in [6.07, 6.45) is 0. The summed E-state index contributed by atoms with van der Waals surface area (Å²) < 4.78 is 16.1. The number of benzene rings is 1. The highest BCUT2D eigenvalue weighted by Crippen LogP contribution is 2.31. The molecule has 0 aliphatic rings. The van der Waals surface area contributed by atoms with Gasteiger partial charge in [0, 0.05) is 5.54 Å². The minimum atomic E-state index is -0.469. The van der Waals surface area contributed by atoms with E-state index < -0.39 is 5.82 Å². The third-order valence-corrected chi connectivity index (χ3v) is 3.51. The fourth-order valence-corrected chi connectivity index (χ4v) is 2.50. The van der Waals surface area contributed by atoms with Crippen LogP contribution in [0.15, 0.2) is 18.2 Å². The van der Waals surface area contributed by atoms with Gasteiger partial charge in [-0.2, -0.15) is 0 Å². The third-order valence-electron chi connectivity index (χ3n) is 2.71. The maximum Gasteiger partial charge on any atom is 0.167 e. The van der Waals surface area contributed by atoms with Crippen molar-refractivity contribution in [3.05, 3.63) is 34.9 Å². The van der Waals surface area contributed by atoms with Crippen molar-refractivity contribution in [2.24, 2.45) is 0 Å². The molecule has 0 amide bonds. The van der Waals surface area contributed by atoms with Crippen LogP contribution in [0.2, 0.25) is 5.02 Å². The highest BCUT2D eigenvalue weighted by Gasteiger charge is 2.25. The van der Waals surface area contributed by atoms with Gasteiger partial charge >= 0.3 is 0 Å². The largest absolute Gasteiger partial charge is 0.305 e. The molecule has 0 radical (unpaired) electrons. The topological polar surface area (TPSA) is 30.7 Å². The zero-order chi connectivity index (χ0) is 14.2. The molecule has 0 N–H and O–H groups in total. The second-order valence-corrected chi connectivity index (χ2v) is 6.15. The Balaban J connectivity index is 2.70. The molecule has 1 heterocycles. The van der Waals surface area contributed by atoms with Crippen LogP contribution in [-0.4, -0.2) is 14.8 Å². The summed E-state index contributed by atoms with van der Waals surface area (Å²) in [5.41, 5.74) is 0.110. The summed E-state index contributed by atoms with van der Waals surface area (Å²) >= 11 is 9.21. The van der Waals surface area contributed by atoms with E-state index in [1.807, 2.05) is 25.3 Å². The number of aromatic nitrogens is 3. The summed E-state index contributed by atoms with van der Waals surface area (Å²) in [6.45, 7) is 6.07. The molecule has 1 aromatic heterocycles. The van der Waals surface area contributed by atoms with Crippen LogP contribution in [0, 0.1) is 5.82 Å². The monoisotopic (exact) mass is 345 g/mol. The van der Waals surface area contributed by atoms with Gasteiger partial charge in [0.25, 0.3) is 0 Å². The van der Waals surface area contributed by atoms with Gasteiger partial charge in [-0.05, 0) is 32.9 Å². The molecule has 1 aromatic carbocycles. The standard InChI is InChI=1S/C13H14BrClFN3/c1-13(2,3)19-10(7-14)17-18-12(19)8-5-4-6-9(15)11(8)16/h4-6H,7H2,1-3H3. The second kappa shape index (κ2) is 5.21. The lowest BCUT2D eigenvalue weighted by Gasteiger charge is -2.24. The van der Waals surface area contributed by atoms with Crippen molar-refractivity contribution in [2.45, 2.75) is 31.6 Å². The van der Waals surface area contributed by atoms with Crippen LogP contribution in [-0.2, 0) is 10.9 Å². The van der Waals surface area contributed by atoms with Gasteiger partial charge in [-0.15, -0.1) is 10.2 Å². The predicted molar refractivity (Wildman–Crippen MR) is 78.1 cm³/mol. The van der Waals surface area contributed by atoms with E-state index in [0.29, 0.717) is 16.7 Å². The molecule has 0 bridgehead atoms. The summed E-state index contributed by atoms with van der Waals surface area (Å²) in [6, 6.07) is 4.88. The Morgan fingerprint density at radius 1 is 1.32 bits per heavy atom. The van der Waals surface area contributed by atoms with Crippen molar-refractivity contribution in [2.75, 3.05) is 0 Å². The van der Waals surface area contributed by atoms with Crippen molar-refractivity contribution < 1.29 is 4.39 Å². The average Bonchev–Trinajstić information content (AvgIpc) is 2.76. The zero-order valence-corrected chi connectivity index (χ0v) is 13.3. The van der Waals surface area contributed by atoms with E-state index in [0.717, 1.165) is 5.82 Å². The first-order valence-corrected chi connectivity index (χ1v) is 7.31. The lowest BCUT2D eigenvalue weighted by Crippen LogP contribution is -2.25. The molecule has 19 heavy (non-hydrogen) atoms. The van der Waals surface area contributed by atoms with Crippen molar-refractivity contribution in [1.82, 2.24) is 14.8 Å². The van der Waals surface area contributed by atoms with Crippen molar-refractivity contribution in [3.8, 4) is 11.4 Å². The first-order valence-electron chi connectivity index (χ1n) is 5.81. The molecule has 102 valence electrons. The normalized spacial score (nSPS) is 11.9. The van der Waals surface area contributed by atoms with Gasteiger partial charge < -0.3 is 4.57 Å². The Morgan fingerprint density at radius 3 is 2.58 bits per heavy atom. The Bertz CT molecular complexity index is 604. The minimum Gasteiger partial charge on any atom is -0.305 e. The highest BCUT2D eigenvalue weighted by molar-refractivity contribution is 9.08. The number of hydrogen-bond donors (Lipinski definition) is 0. The maximum absolute atomic E-state index is 14.1. The predicted octanol–water partition coefficient (Wildman–Crippen LogP) is 4.39. The molecule has 0 unspecified atom stereocenters. The maximum atomic E-state index is 14.1. The molecule has 2 aromatic rings. The number of nitrogens with zero attached hydrogens (tertiary/aromatic N) is 3. The van der Waals surface area contributed by atoms with Crippen LogP contribution in [0.25, 0.3) is 11.4 Å². The Kier molecular flexibility index (Phi) is 3.97. The summed E-state index contributed by atoms with van der Waals surface area (Å²) in [4.78, 5) is 0. The van der Waals surface area contributed by atoms with Gasteiger partial charge in [0.1, 0.15) is 5.82 Å². The van der Waals surface area contributed by atoms with E-state index in [4.69, 9.17) is 11.6 Å². The highest BCUT2D eigenvalue weighted by atomic mass is 79.9. The number of alkyl halides is 1. The van der Waals surface area contributed by atoms with Crippen molar-refractivity contribution in [1.29, 1.82) is 0 Å².